The number of benzene rings is 1. The van der Waals surface area contributed by atoms with E-state index in [1.54, 1.807) is 0 Å². The number of rotatable bonds is 6. The quantitative estimate of drug-likeness (QED) is 0.229. The highest BCUT2D eigenvalue weighted by molar-refractivity contribution is 9.11. The lowest BCUT2D eigenvalue weighted by atomic mass is 9.45. The summed E-state index contributed by atoms with van der Waals surface area (Å²) in [5, 5.41) is 10.8. The number of hydrogen-bond donors (Lipinski definition) is 1. The molecule has 0 saturated heterocycles. The van der Waals surface area contributed by atoms with Gasteiger partial charge in [0.25, 0.3) is 0 Å². The first-order valence-electron chi connectivity index (χ1n) is 11.5. The highest BCUT2D eigenvalue weighted by atomic mass is 79.9. The van der Waals surface area contributed by atoms with Gasteiger partial charge in [0.1, 0.15) is 5.75 Å². The first-order valence-corrected chi connectivity index (χ1v) is 15.3. The average Bonchev–Trinajstić information content (AvgIpc) is 2.69. The van der Waals surface area contributed by atoms with Crippen LogP contribution < -0.4 is 0 Å². The number of halogens is 5. The average molecular weight is 719 g/mol. The smallest absolute Gasteiger partial charge is 0.133 e. The van der Waals surface area contributed by atoms with Crippen LogP contribution in [-0.4, -0.2) is 19.6 Å². The summed E-state index contributed by atoms with van der Waals surface area (Å²) in [7, 11) is 0. The molecule has 3 rings (SSSR count). The van der Waals surface area contributed by atoms with Gasteiger partial charge in [-0.2, -0.15) is 0 Å². The van der Waals surface area contributed by atoms with Gasteiger partial charge in [-0.25, -0.2) is 0 Å². The molecule has 0 bridgehead atoms. The second kappa shape index (κ2) is 10.1. The van der Waals surface area contributed by atoms with Gasteiger partial charge in [-0.05, 0) is 115 Å². The Labute approximate surface area is 233 Å². The maximum absolute atomic E-state index is 10.8. The van der Waals surface area contributed by atoms with Crippen LogP contribution in [0.2, 0.25) is 0 Å². The third-order valence-electron chi connectivity index (χ3n) is 8.50. The fourth-order valence-corrected chi connectivity index (χ4v) is 8.87. The van der Waals surface area contributed by atoms with Gasteiger partial charge in [-0.3, -0.25) is 0 Å². The molecule has 0 aliphatic heterocycles. The Morgan fingerprint density at radius 2 is 1.91 bits per heavy atom. The minimum atomic E-state index is -0.259. The Kier molecular flexibility index (Phi) is 8.74. The molecule has 0 amide bonds. The molecule has 0 spiro atoms. The van der Waals surface area contributed by atoms with Crippen molar-refractivity contribution in [3.8, 4) is 5.75 Å². The van der Waals surface area contributed by atoms with E-state index in [4.69, 9.17) is 11.6 Å². The minimum absolute atomic E-state index is 0.161. The summed E-state index contributed by atoms with van der Waals surface area (Å²) >= 11 is 21.7. The monoisotopic (exact) mass is 714 g/mol. The highest BCUT2D eigenvalue weighted by Crippen LogP contribution is 2.64. The summed E-state index contributed by atoms with van der Waals surface area (Å²) < 4.78 is 1.73. The zero-order valence-corrected chi connectivity index (χ0v) is 26.6. The molecule has 6 unspecified atom stereocenters. The second-order valence-corrected chi connectivity index (χ2v) is 15.9. The molecule has 0 radical (unpaired) electrons. The zero-order chi connectivity index (χ0) is 24.1. The van der Waals surface area contributed by atoms with Gasteiger partial charge in [0.05, 0.1) is 9.35 Å². The van der Waals surface area contributed by atoms with Crippen LogP contribution in [0.25, 0.3) is 0 Å². The Balaban J connectivity index is 1.92. The van der Waals surface area contributed by atoms with E-state index in [1.807, 2.05) is 6.07 Å². The molecule has 2 fully saturated rings. The van der Waals surface area contributed by atoms with Crippen molar-refractivity contribution in [2.24, 2.45) is 22.7 Å². The largest absolute Gasteiger partial charge is 0.506 e. The van der Waals surface area contributed by atoms with E-state index in [0.29, 0.717) is 22.4 Å². The summed E-state index contributed by atoms with van der Waals surface area (Å²) in [4.78, 5) is 0.531. The molecule has 2 aliphatic carbocycles. The van der Waals surface area contributed by atoms with Crippen LogP contribution in [0.3, 0.4) is 0 Å². The van der Waals surface area contributed by atoms with Crippen LogP contribution in [0.1, 0.15) is 71.8 Å². The number of hydrogen-bond acceptors (Lipinski definition) is 1. The SMILES string of the molecule is C=C1CCC2C(C)(CCC(Br)C(C)(C)Cl)C(Br)CCC2(C)C1Cc1cc(Br)cc(Br)c1O. The lowest BCUT2D eigenvalue weighted by Crippen LogP contribution is -2.55. The van der Waals surface area contributed by atoms with E-state index in [-0.39, 0.29) is 20.5 Å². The van der Waals surface area contributed by atoms with Crippen LogP contribution in [-0.2, 0) is 6.42 Å². The van der Waals surface area contributed by atoms with E-state index in [1.165, 1.54) is 24.8 Å². The highest BCUT2D eigenvalue weighted by Gasteiger charge is 2.57. The van der Waals surface area contributed by atoms with E-state index in [0.717, 1.165) is 40.2 Å². The Hall–Kier alpha value is 0.970. The topological polar surface area (TPSA) is 20.2 Å². The van der Waals surface area contributed by atoms with Crippen LogP contribution >= 0.6 is 75.3 Å². The molecule has 6 atom stereocenters. The van der Waals surface area contributed by atoms with E-state index in [2.05, 4.69) is 104 Å². The number of allylic oxidation sites excluding steroid dienone is 1. The van der Waals surface area contributed by atoms with Crippen molar-refractivity contribution >= 4 is 75.3 Å². The maximum atomic E-state index is 10.8. The summed E-state index contributed by atoms with van der Waals surface area (Å²) in [6.45, 7) is 13.7. The van der Waals surface area contributed by atoms with Crippen molar-refractivity contribution in [1.29, 1.82) is 0 Å². The van der Waals surface area contributed by atoms with Crippen molar-refractivity contribution in [2.45, 2.75) is 87.2 Å². The Morgan fingerprint density at radius 3 is 2.53 bits per heavy atom. The van der Waals surface area contributed by atoms with Gasteiger partial charge in [0.15, 0.2) is 0 Å². The van der Waals surface area contributed by atoms with Gasteiger partial charge in [-0.15, -0.1) is 11.6 Å². The number of aromatic hydroxyl groups is 1. The maximum Gasteiger partial charge on any atom is 0.133 e. The fourth-order valence-electron chi connectivity index (χ4n) is 6.44. The van der Waals surface area contributed by atoms with Crippen LogP contribution in [0, 0.1) is 22.7 Å². The van der Waals surface area contributed by atoms with Crippen molar-refractivity contribution in [3.63, 3.8) is 0 Å². The van der Waals surface area contributed by atoms with Crippen molar-refractivity contribution < 1.29 is 5.11 Å². The first kappa shape index (κ1) is 27.6. The Morgan fingerprint density at radius 1 is 1.25 bits per heavy atom. The number of alkyl halides is 3. The predicted molar refractivity (Wildman–Crippen MR) is 153 cm³/mol. The van der Waals surface area contributed by atoms with Crippen LogP contribution in [0.5, 0.6) is 5.75 Å². The van der Waals surface area contributed by atoms with Gasteiger partial charge in [0, 0.05) is 14.1 Å². The molecule has 32 heavy (non-hydrogen) atoms. The molecular formula is C26H35Br4ClO. The molecular weight excluding hydrogens is 683 g/mol. The first-order chi connectivity index (χ1) is 14.7. The predicted octanol–water partition coefficient (Wildman–Crippen LogP) is 10.2. The molecule has 1 aromatic rings. The van der Waals surface area contributed by atoms with Gasteiger partial charge in [-0.1, -0.05) is 73.8 Å². The van der Waals surface area contributed by atoms with Gasteiger partial charge < -0.3 is 5.11 Å². The number of phenolic OH excluding ortho intramolecular Hbond substituents is 1. The lowest BCUT2D eigenvalue weighted by molar-refractivity contribution is -0.0601. The van der Waals surface area contributed by atoms with Crippen molar-refractivity contribution in [2.75, 3.05) is 0 Å². The summed E-state index contributed by atoms with van der Waals surface area (Å²) in [6.07, 6.45) is 7.63. The van der Waals surface area contributed by atoms with Gasteiger partial charge in [0.2, 0.25) is 0 Å². The fraction of sp³-hybridized carbons (Fsp3) is 0.692. The molecule has 1 nitrogen and oxygen atoms in total. The van der Waals surface area contributed by atoms with E-state index < -0.39 is 0 Å². The summed E-state index contributed by atoms with van der Waals surface area (Å²) in [6, 6.07) is 3.97. The zero-order valence-electron chi connectivity index (χ0n) is 19.5. The lowest BCUT2D eigenvalue weighted by Gasteiger charge is -2.61. The Bertz CT molecular complexity index is 866. The van der Waals surface area contributed by atoms with E-state index >= 15 is 0 Å². The summed E-state index contributed by atoms with van der Waals surface area (Å²) in [5.41, 5.74) is 2.69. The molecule has 0 heterocycles. The standard InChI is InChI=1S/C26H35Br4ClO/c1-15-6-7-20-25(4,18(15)13-16-12-17(27)14-19(28)23(16)32)10-9-22(30)26(20,5)11-8-21(29)24(2,3)31/h12,14,18,20-22,32H,1,6-11,13H2,2-5H3. The second-order valence-electron chi connectivity index (χ2n) is 11.0. The third kappa shape index (κ3) is 5.37. The minimum Gasteiger partial charge on any atom is -0.506 e. The van der Waals surface area contributed by atoms with Crippen LogP contribution in [0.4, 0.5) is 0 Å². The summed E-state index contributed by atoms with van der Waals surface area (Å²) in [5.74, 6) is 1.31. The van der Waals surface area contributed by atoms with Crippen LogP contribution in [0.15, 0.2) is 33.2 Å². The number of phenols is 1. The van der Waals surface area contributed by atoms with E-state index in [9.17, 15) is 5.11 Å². The molecule has 1 N–H and O–H groups in total. The van der Waals surface area contributed by atoms with Crippen molar-refractivity contribution in [3.05, 3.63) is 38.8 Å². The number of fused-ring (bicyclic) bond motifs is 1. The van der Waals surface area contributed by atoms with Gasteiger partial charge >= 0.3 is 0 Å². The molecule has 2 saturated carbocycles. The molecule has 180 valence electrons. The normalized spacial score (nSPS) is 34.3. The molecule has 2 aliphatic rings. The molecule has 6 heteroatoms. The molecule has 0 aromatic heterocycles. The molecule has 1 aromatic carbocycles. The third-order valence-corrected chi connectivity index (χ3v) is 13.2. The van der Waals surface area contributed by atoms with Crippen molar-refractivity contribution in [1.82, 2.24) is 0 Å².